The van der Waals surface area contributed by atoms with Crippen LogP contribution in [0.5, 0.6) is 0 Å². The number of nitrogens with zero attached hydrogens (tertiary/aromatic N) is 2. The lowest BCUT2D eigenvalue weighted by Crippen LogP contribution is -2.38. The van der Waals surface area contributed by atoms with Gasteiger partial charge in [0, 0.05) is 31.2 Å². The van der Waals surface area contributed by atoms with Crippen LogP contribution >= 0.6 is 11.6 Å². The number of aliphatic hydroxyl groups excluding tert-OH is 1. The van der Waals surface area contributed by atoms with E-state index in [-0.39, 0.29) is 19.2 Å². The normalized spacial score (nSPS) is 14.4. The van der Waals surface area contributed by atoms with Crippen LogP contribution in [0.15, 0.2) is 30.9 Å². The van der Waals surface area contributed by atoms with Crippen molar-refractivity contribution in [2.45, 2.75) is 19.3 Å². The van der Waals surface area contributed by atoms with Gasteiger partial charge in [-0.1, -0.05) is 17.7 Å². The summed E-state index contributed by atoms with van der Waals surface area (Å²) in [6.07, 6.45) is 5.19. The second-order valence-corrected chi connectivity index (χ2v) is 6.03. The maximum absolute atomic E-state index is 12.4. The predicted molar refractivity (Wildman–Crippen MR) is 95.4 cm³/mol. The molecule has 0 spiro atoms. The first-order valence-electron chi connectivity index (χ1n) is 7.98. The summed E-state index contributed by atoms with van der Waals surface area (Å²) in [5.74, 6) is 0. The molecule has 1 aliphatic rings. The Morgan fingerprint density at radius 2 is 2.13 bits per heavy atom. The summed E-state index contributed by atoms with van der Waals surface area (Å²) in [5.41, 5.74) is 1.70. The van der Waals surface area contributed by atoms with Crippen molar-refractivity contribution in [1.82, 2.24) is 4.90 Å². The van der Waals surface area contributed by atoms with Crippen molar-refractivity contribution in [3.05, 3.63) is 35.9 Å². The van der Waals surface area contributed by atoms with Crippen molar-refractivity contribution < 1.29 is 9.90 Å². The maximum Gasteiger partial charge on any atom is 0.322 e. The zero-order valence-electron chi connectivity index (χ0n) is 13.3. The Morgan fingerprint density at radius 3 is 2.78 bits per heavy atom. The van der Waals surface area contributed by atoms with Crippen LogP contribution in [0, 0.1) is 0 Å². The SMILES string of the molecule is C=CCN(CCO)C(=O)Nc1cc(Cl)ccc1N1CCCCC1. The van der Waals surface area contributed by atoms with Gasteiger partial charge < -0.3 is 20.2 Å². The Kier molecular flexibility index (Phi) is 6.74. The Bertz CT molecular complexity index is 545. The van der Waals surface area contributed by atoms with Gasteiger partial charge in [-0.2, -0.15) is 0 Å². The lowest BCUT2D eigenvalue weighted by atomic mass is 10.1. The molecule has 2 N–H and O–H groups in total. The van der Waals surface area contributed by atoms with E-state index < -0.39 is 0 Å². The van der Waals surface area contributed by atoms with Gasteiger partial charge in [0.15, 0.2) is 0 Å². The highest BCUT2D eigenvalue weighted by Crippen LogP contribution is 2.31. The van der Waals surface area contributed by atoms with E-state index in [2.05, 4.69) is 16.8 Å². The van der Waals surface area contributed by atoms with E-state index >= 15 is 0 Å². The van der Waals surface area contributed by atoms with Crippen LogP contribution in [-0.4, -0.2) is 48.8 Å². The second-order valence-electron chi connectivity index (χ2n) is 5.60. The third kappa shape index (κ3) is 4.88. The molecule has 23 heavy (non-hydrogen) atoms. The quantitative estimate of drug-likeness (QED) is 0.783. The summed E-state index contributed by atoms with van der Waals surface area (Å²) in [4.78, 5) is 16.2. The van der Waals surface area contributed by atoms with Gasteiger partial charge in [0.05, 0.1) is 18.0 Å². The summed E-state index contributed by atoms with van der Waals surface area (Å²) in [6, 6.07) is 5.30. The smallest absolute Gasteiger partial charge is 0.322 e. The predicted octanol–water partition coefficient (Wildman–Crippen LogP) is 3.34. The van der Waals surface area contributed by atoms with E-state index in [1.807, 2.05) is 12.1 Å². The number of halogens is 1. The summed E-state index contributed by atoms with van der Waals surface area (Å²) in [6.45, 7) is 6.17. The minimum absolute atomic E-state index is 0.0875. The molecule has 0 unspecified atom stereocenters. The van der Waals surface area contributed by atoms with Crippen molar-refractivity contribution in [3.63, 3.8) is 0 Å². The van der Waals surface area contributed by atoms with Gasteiger partial charge >= 0.3 is 6.03 Å². The van der Waals surface area contributed by atoms with Crippen LogP contribution in [0.4, 0.5) is 16.2 Å². The van der Waals surface area contributed by atoms with Crippen LogP contribution in [0.1, 0.15) is 19.3 Å². The number of anilines is 2. The number of piperidine rings is 1. The minimum atomic E-state index is -0.264. The van der Waals surface area contributed by atoms with E-state index in [9.17, 15) is 4.79 Å². The molecule has 1 aliphatic heterocycles. The molecule has 6 heteroatoms. The van der Waals surface area contributed by atoms with Gasteiger partial charge in [-0.25, -0.2) is 4.79 Å². The van der Waals surface area contributed by atoms with Crippen LogP contribution < -0.4 is 10.2 Å². The van der Waals surface area contributed by atoms with Crippen molar-refractivity contribution in [3.8, 4) is 0 Å². The highest BCUT2D eigenvalue weighted by atomic mass is 35.5. The van der Waals surface area contributed by atoms with Crippen molar-refractivity contribution in [1.29, 1.82) is 0 Å². The molecule has 1 aromatic carbocycles. The number of amides is 2. The van der Waals surface area contributed by atoms with Crippen molar-refractivity contribution in [2.75, 3.05) is 43.0 Å². The number of carbonyl (C=O) groups excluding carboxylic acids is 1. The molecule has 0 aromatic heterocycles. The van der Waals surface area contributed by atoms with Crippen molar-refractivity contribution >= 4 is 29.0 Å². The second kappa shape index (κ2) is 8.79. The number of rotatable bonds is 6. The summed E-state index contributed by atoms with van der Waals surface area (Å²) in [7, 11) is 0. The first-order chi connectivity index (χ1) is 11.2. The fraction of sp³-hybridized carbons (Fsp3) is 0.471. The fourth-order valence-electron chi connectivity index (χ4n) is 2.77. The van der Waals surface area contributed by atoms with Gasteiger partial charge in [0.2, 0.25) is 0 Å². The lowest BCUT2D eigenvalue weighted by Gasteiger charge is -2.31. The number of urea groups is 1. The number of carbonyl (C=O) groups is 1. The Hall–Kier alpha value is -1.72. The molecule has 1 fully saturated rings. The topological polar surface area (TPSA) is 55.8 Å². The molecule has 0 atom stereocenters. The largest absolute Gasteiger partial charge is 0.395 e. The Balaban J connectivity index is 2.18. The zero-order chi connectivity index (χ0) is 16.7. The Labute approximate surface area is 142 Å². The van der Waals surface area contributed by atoms with Gasteiger partial charge in [0.25, 0.3) is 0 Å². The molecule has 1 aromatic rings. The van der Waals surface area contributed by atoms with E-state index in [1.54, 1.807) is 12.1 Å². The van der Waals surface area contributed by atoms with E-state index in [0.717, 1.165) is 31.6 Å². The lowest BCUT2D eigenvalue weighted by molar-refractivity contribution is 0.195. The van der Waals surface area contributed by atoms with Gasteiger partial charge in [-0.15, -0.1) is 6.58 Å². The molecule has 2 rings (SSSR count). The summed E-state index contributed by atoms with van der Waals surface area (Å²) >= 11 is 6.10. The standard InChI is InChI=1S/C17H24ClN3O2/c1-2-8-21(11-12-22)17(23)19-15-13-14(18)6-7-16(15)20-9-4-3-5-10-20/h2,6-7,13,22H,1,3-5,8-12H2,(H,19,23). The van der Waals surface area contributed by atoms with E-state index in [1.165, 1.54) is 11.3 Å². The molecule has 0 bridgehead atoms. The number of hydrogen-bond acceptors (Lipinski definition) is 3. The molecule has 2 amide bonds. The van der Waals surface area contributed by atoms with Crippen molar-refractivity contribution in [2.24, 2.45) is 0 Å². The van der Waals surface area contributed by atoms with E-state index in [4.69, 9.17) is 16.7 Å². The van der Waals surface area contributed by atoms with Gasteiger partial charge in [-0.3, -0.25) is 0 Å². The summed E-state index contributed by atoms with van der Waals surface area (Å²) < 4.78 is 0. The number of hydrogen-bond donors (Lipinski definition) is 2. The van der Waals surface area contributed by atoms with Gasteiger partial charge in [-0.05, 0) is 37.5 Å². The molecular formula is C17H24ClN3O2. The average Bonchev–Trinajstić information content (AvgIpc) is 2.55. The highest BCUT2D eigenvalue weighted by molar-refractivity contribution is 6.31. The number of aliphatic hydroxyl groups is 1. The first kappa shape index (κ1) is 17.6. The molecule has 0 radical (unpaired) electrons. The molecular weight excluding hydrogens is 314 g/mol. The number of benzene rings is 1. The minimum Gasteiger partial charge on any atom is -0.395 e. The summed E-state index contributed by atoms with van der Waals surface area (Å²) in [5, 5.41) is 12.6. The number of nitrogens with one attached hydrogen (secondary N) is 1. The van der Waals surface area contributed by atoms with Crippen LogP contribution in [0.2, 0.25) is 5.02 Å². The average molecular weight is 338 g/mol. The molecule has 0 aliphatic carbocycles. The monoisotopic (exact) mass is 337 g/mol. The Morgan fingerprint density at radius 1 is 1.39 bits per heavy atom. The molecule has 0 saturated carbocycles. The first-order valence-corrected chi connectivity index (χ1v) is 8.35. The zero-order valence-corrected chi connectivity index (χ0v) is 14.1. The maximum atomic E-state index is 12.4. The molecule has 5 nitrogen and oxygen atoms in total. The fourth-order valence-corrected chi connectivity index (χ4v) is 2.94. The molecule has 126 valence electrons. The molecule has 1 saturated heterocycles. The third-order valence-corrected chi connectivity index (χ3v) is 4.14. The molecule has 1 heterocycles. The van der Waals surface area contributed by atoms with Gasteiger partial charge in [0.1, 0.15) is 0 Å². The van der Waals surface area contributed by atoms with Crippen LogP contribution in [0.25, 0.3) is 0 Å². The van der Waals surface area contributed by atoms with Crippen LogP contribution in [0.3, 0.4) is 0 Å². The van der Waals surface area contributed by atoms with Crippen LogP contribution in [-0.2, 0) is 0 Å². The van der Waals surface area contributed by atoms with E-state index in [0.29, 0.717) is 17.3 Å². The highest BCUT2D eigenvalue weighted by Gasteiger charge is 2.18. The third-order valence-electron chi connectivity index (χ3n) is 3.90.